The van der Waals surface area contributed by atoms with Gasteiger partial charge in [-0.2, -0.15) is 0 Å². The van der Waals surface area contributed by atoms with Crippen molar-refractivity contribution in [3.63, 3.8) is 0 Å². The van der Waals surface area contributed by atoms with E-state index in [4.69, 9.17) is 0 Å². The molecule has 0 aromatic rings. The van der Waals surface area contributed by atoms with Crippen LogP contribution < -0.4 is 5.32 Å². The molecule has 0 spiro atoms. The lowest BCUT2D eigenvalue weighted by molar-refractivity contribution is -0.146. The third-order valence-electron chi connectivity index (χ3n) is 3.06. The van der Waals surface area contributed by atoms with Crippen molar-refractivity contribution < 1.29 is 14.3 Å². The van der Waals surface area contributed by atoms with Gasteiger partial charge in [0.2, 0.25) is 5.91 Å². The molecule has 0 heterocycles. The molecule has 0 radical (unpaired) electrons. The maximum absolute atomic E-state index is 11.8. The highest BCUT2D eigenvalue weighted by Gasteiger charge is 2.25. The molecule has 0 aliphatic rings. The quantitative estimate of drug-likeness (QED) is 0.697. The van der Waals surface area contributed by atoms with Gasteiger partial charge in [0.05, 0.1) is 19.1 Å². The van der Waals surface area contributed by atoms with E-state index in [1.54, 1.807) is 25.8 Å². The van der Waals surface area contributed by atoms with Crippen molar-refractivity contribution in [2.24, 2.45) is 5.92 Å². The number of carbonyl (C=O) groups is 2. The summed E-state index contributed by atoms with van der Waals surface area (Å²) >= 11 is 0. The molecular formula is C12H24N2O3. The topological polar surface area (TPSA) is 58.6 Å². The minimum atomic E-state index is -0.304. The highest BCUT2D eigenvalue weighted by atomic mass is 16.5. The first-order chi connectivity index (χ1) is 7.84. The number of carbonyl (C=O) groups excluding carboxylic acids is 2. The van der Waals surface area contributed by atoms with Gasteiger partial charge in [-0.15, -0.1) is 0 Å². The largest absolute Gasteiger partial charge is 0.469 e. The summed E-state index contributed by atoms with van der Waals surface area (Å²) in [6.45, 7) is 8.05. The molecule has 1 N–H and O–H groups in total. The maximum Gasteiger partial charge on any atom is 0.309 e. The summed E-state index contributed by atoms with van der Waals surface area (Å²) in [4.78, 5) is 24.8. The van der Waals surface area contributed by atoms with E-state index in [0.717, 1.165) is 0 Å². The van der Waals surface area contributed by atoms with Crippen LogP contribution in [0.5, 0.6) is 0 Å². The Bertz CT molecular complexity index is 268. The van der Waals surface area contributed by atoms with Crippen LogP contribution >= 0.6 is 0 Å². The summed E-state index contributed by atoms with van der Waals surface area (Å²) in [6.07, 6.45) is 0. The van der Waals surface area contributed by atoms with Crippen LogP contribution in [0.2, 0.25) is 0 Å². The van der Waals surface area contributed by atoms with Crippen LogP contribution in [-0.4, -0.2) is 49.6 Å². The summed E-state index contributed by atoms with van der Waals surface area (Å²) in [5.41, 5.74) is 0. The second kappa shape index (κ2) is 7.27. The first-order valence-electron chi connectivity index (χ1n) is 5.93. The number of rotatable bonds is 6. The molecule has 5 heteroatoms. The Morgan fingerprint density at radius 2 is 1.82 bits per heavy atom. The summed E-state index contributed by atoms with van der Waals surface area (Å²) < 4.78 is 4.67. The van der Waals surface area contributed by atoms with Gasteiger partial charge in [0.1, 0.15) is 0 Å². The number of likely N-dealkylation sites (N-methyl/N-ethyl adjacent to an activating group) is 1. The van der Waals surface area contributed by atoms with Crippen LogP contribution in [0.15, 0.2) is 0 Å². The van der Waals surface area contributed by atoms with Crippen LogP contribution in [0, 0.1) is 5.92 Å². The summed E-state index contributed by atoms with van der Waals surface area (Å²) in [7, 11) is 3.12. The van der Waals surface area contributed by atoms with Crippen LogP contribution in [-0.2, 0) is 14.3 Å². The molecule has 0 fully saturated rings. The van der Waals surface area contributed by atoms with Crippen LogP contribution in [0.4, 0.5) is 0 Å². The molecule has 100 valence electrons. The van der Waals surface area contributed by atoms with Gasteiger partial charge in [-0.05, 0) is 20.8 Å². The van der Waals surface area contributed by atoms with Gasteiger partial charge in [-0.25, -0.2) is 0 Å². The molecular weight excluding hydrogens is 220 g/mol. The van der Waals surface area contributed by atoms with Crippen molar-refractivity contribution in [3.8, 4) is 0 Å². The van der Waals surface area contributed by atoms with E-state index in [1.165, 1.54) is 7.11 Å². The Morgan fingerprint density at radius 3 is 2.24 bits per heavy atom. The zero-order valence-corrected chi connectivity index (χ0v) is 11.6. The predicted octanol–water partition coefficient (Wildman–Crippen LogP) is 0.640. The number of amides is 1. The number of nitrogens with zero attached hydrogens (tertiary/aromatic N) is 1. The van der Waals surface area contributed by atoms with E-state index in [-0.39, 0.29) is 29.9 Å². The van der Waals surface area contributed by atoms with Gasteiger partial charge in [0, 0.05) is 19.6 Å². The van der Waals surface area contributed by atoms with Gasteiger partial charge in [-0.1, -0.05) is 6.92 Å². The lowest BCUT2D eigenvalue weighted by Crippen LogP contribution is -2.49. The normalized spacial score (nSPS) is 15.9. The van der Waals surface area contributed by atoms with Gasteiger partial charge >= 0.3 is 5.97 Å². The second-order valence-corrected chi connectivity index (χ2v) is 4.34. The number of methoxy groups -OCH3 is 1. The van der Waals surface area contributed by atoms with E-state index in [9.17, 15) is 9.59 Å². The van der Waals surface area contributed by atoms with Gasteiger partial charge in [0.25, 0.3) is 0 Å². The molecule has 5 nitrogen and oxygen atoms in total. The van der Waals surface area contributed by atoms with Gasteiger partial charge in [-0.3, -0.25) is 9.59 Å². The Kier molecular flexibility index (Phi) is 6.80. The molecule has 0 aromatic heterocycles. The fraction of sp³-hybridized carbons (Fsp3) is 0.833. The van der Waals surface area contributed by atoms with Crippen molar-refractivity contribution in [2.75, 3.05) is 20.7 Å². The number of ether oxygens (including phenoxy) is 1. The highest BCUT2D eigenvalue weighted by Crippen LogP contribution is 2.06. The van der Waals surface area contributed by atoms with Crippen molar-refractivity contribution in [1.82, 2.24) is 10.2 Å². The zero-order chi connectivity index (χ0) is 13.6. The molecule has 0 bridgehead atoms. The minimum absolute atomic E-state index is 0.0245. The standard InChI is InChI=1S/C12H24N2O3/c1-7-14(5)11(15)10(4)13-9(3)8(2)12(16)17-6/h8-10,13H,7H2,1-6H3. The number of esters is 1. The fourth-order valence-corrected chi connectivity index (χ4v) is 1.49. The molecule has 3 unspecified atom stereocenters. The Hall–Kier alpha value is -1.10. The van der Waals surface area contributed by atoms with Crippen molar-refractivity contribution in [1.29, 1.82) is 0 Å². The first-order valence-corrected chi connectivity index (χ1v) is 5.93. The second-order valence-electron chi connectivity index (χ2n) is 4.34. The summed E-state index contributed by atoms with van der Waals surface area (Å²) in [5.74, 6) is -0.521. The monoisotopic (exact) mass is 244 g/mol. The number of nitrogens with one attached hydrogen (secondary N) is 1. The van der Waals surface area contributed by atoms with Crippen LogP contribution in [0.1, 0.15) is 27.7 Å². The van der Waals surface area contributed by atoms with Crippen molar-refractivity contribution in [2.45, 2.75) is 39.8 Å². The molecule has 0 rings (SSSR count). The molecule has 17 heavy (non-hydrogen) atoms. The molecule has 0 aliphatic heterocycles. The first kappa shape index (κ1) is 15.9. The van der Waals surface area contributed by atoms with E-state index in [0.29, 0.717) is 6.54 Å². The van der Waals surface area contributed by atoms with Crippen molar-refractivity contribution >= 4 is 11.9 Å². The Balaban J connectivity index is 4.33. The maximum atomic E-state index is 11.8. The predicted molar refractivity (Wildman–Crippen MR) is 66.6 cm³/mol. The highest BCUT2D eigenvalue weighted by molar-refractivity contribution is 5.81. The lowest BCUT2D eigenvalue weighted by atomic mass is 10.0. The number of hydrogen-bond donors (Lipinski definition) is 1. The van der Waals surface area contributed by atoms with E-state index in [1.807, 2.05) is 13.8 Å². The molecule has 0 aromatic carbocycles. The SMILES string of the molecule is CCN(C)C(=O)C(C)NC(C)C(C)C(=O)OC. The van der Waals surface area contributed by atoms with Gasteiger partial charge in [0.15, 0.2) is 0 Å². The Morgan fingerprint density at radius 1 is 1.29 bits per heavy atom. The molecule has 0 aliphatic carbocycles. The number of hydrogen-bond acceptors (Lipinski definition) is 4. The fourth-order valence-electron chi connectivity index (χ4n) is 1.49. The third kappa shape index (κ3) is 4.73. The molecule has 1 amide bonds. The van der Waals surface area contributed by atoms with E-state index in [2.05, 4.69) is 10.1 Å². The molecule has 3 atom stereocenters. The molecule has 0 saturated carbocycles. The van der Waals surface area contributed by atoms with Crippen molar-refractivity contribution in [3.05, 3.63) is 0 Å². The lowest BCUT2D eigenvalue weighted by Gasteiger charge is -2.26. The average molecular weight is 244 g/mol. The summed E-state index contributed by atoms with van der Waals surface area (Å²) in [5, 5.41) is 3.12. The van der Waals surface area contributed by atoms with Crippen LogP contribution in [0.25, 0.3) is 0 Å². The van der Waals surface area contributed by atoms with Crippen LogP contribution in [0.3, 0.4) is 0 Å². The minimum Gasteiger partial charge on any atom is -0.469 e. The Labute approximate surface area is 103 Å². The van der Waals surface area contributed by atoms with Gasteiger partial charge < -0.3 is 15.0 Å². The van der Waals surface area contributed by atoms with E-state index >= 15 is 0 Å². The average Bonchev–Trinajstić information content (AvgIpc) is 2.34. The smallest absolute Gasteiger partial charge is 0.309 e. The summed E-state index contributed by atoms with van der Waals surface area (Å²) in [6, 6.07) is -0.409. The molecule has 0 saturated heterocycles. The van der Waals surface area contributed by atoms with E-state index < -0.39 is 0 Å². The zero-order valence-electron chi connectivity index (χ0n) is 11.6. The third-order valence-corrected chi connectivity index (χ3v) is 3.06.